The van der Waals surface area contributed by atoms with E-state index in [2.05, 4.69) is 18.8 Å². The molecule has 1 aliphatic rings. The van der Waals surface area contributed by atoms with E-state index >= 15 is 4.39 Å². The summed E-state index contributed by atoms with van der Waals surface area (Å²) < 4.78 is 23.2. The van der Waals surface area contributed by atoms with Gasteiger partial charge >= 0.3 is 5.97 Å². The van der Waals surface area contributed by atoms with E-state index in [4.69, 9.17) is 9.84 Å². The number of nitrogens with zero attached hydrogens (tertiary/aromatic N) is 3. The van der Waals surface area contributed by atoms with Crippen molar-refractivity contribution in [3.63, 3.8) is 0 Å². The first-order valence-electron chi connectivity index (χ1n) is 11.9. The third kappa shape index (κ3) is 4.40. The maximum absolute atomic E-state index is 15.1. The van der Waals surface area contributed by atoms with Crippen molar-refractivity contribution in [3.8, 4) is 5.75 Å². The number of ether oxygens (including phenoxy) is 1. The summed E-state index contributed by atoms with van der Waals surface area (Å²) in [6.45, 7) is 14.8. The van der Waals surface area contributed by atoms with Gasteiger partial charge in [-0.05, 0) is 68.6 Å². The van der Waals surface area contributed by atoms with Gasteiger partial charge in [0, 0.05) is 23.2 Å². The normalized spacial score (nSPS) is 14.1. The second-order valence-corrected chi connectivity index (χ2v) is 10.7. The molecule has 0 spiro atoms. The largest absolute Gasteiger partial charge is 0.422 e. The molecule has 0 fully saturated rings. The molecule has 1 aromatic carbocycles. The molecule has 6 heteroatoms. The highest BCUT2D eigenvalue weighted by Crippen LogP contribution is 2.36. The van der Waals surface area contributed by atoms with E-state index in [1.54, 1.807) is 0 Å². The summed E-state index contributed by atoms with van der Waals surface area (Å²) in [7, 11) is 0. The molecule has 0 bridgehead atoms. The van der Waals surface area contributed by atoms with Gasteiger partial charge in [-0.25, -0.2) is 14.2 Å². The Morgan fingerprint density at radius 2 is 1.94 bits per heavy atom. The number of carbonyl (C=O) groups excluding carboxylic acids is 1. The van der Waals surface area contributed by atoms with Crippen molar-refractivity contribution < 1.29 is 13.9 Å². The maximum atomic E-state index is 15.1. The van der Waals surface area contributed by atoms with Crippen LogP contribution in [0.1, 0.15) is 86.0 Å². The topological polar surface area (TPSA) is 57.0 Å². The molecular formula is C27H34FN3O2. The molecule has 1 aliphatic heterocycles. The summed E-state index contributed by atoms with van der Waals surface area (Å²) in [5.41, 5.74) is 4.52. The number of hydrogen-bond acceptors (Lipinski definition) is 4. The van der Waals surface area contributed by atoms with Gasteiger partial charge in [0.2, 0.25) is 0 Å². The standard InChI is InChI=1S/C27H34FN3O2/c1-15(2)12-21-23(22-10-8-9-11-31(22)30-21)26(32)33-25-16(3)17(4)29-24-19(25)13-18(14-20(24)28)27(5,6)7/h13-15H,8-12H2,1-7H3. The minimum atomic E-state index is -0.412. The summed E-state index contributed by atoms with van der Waals surface area (Å²) in [5, 5.41) is 5.29. The van der Waals surface area contributed by atoms with Crippen LogP contribution in [0.4, 0.5) is 4.39 Å². The van der Waals surface area contributed by atoms with E-state index in [0.29, 0.717) is 34.7 Å². The Morgan fingerprint density at radius 1 is 1.21 bits per heavy atom. The van der Waals surface area contributed by atoms with Crippen molar-refractivity contribution in [1.82, 2.24) is 14.8 Å². The maximum Gasteiger partial charge on any atom is 0.347 e. The van der Waals surface area contributed by atoms with Crippen molar-refractivity contribution in [2.45, 2.75) is 86.1 Å². The highest BCUT2D eigenvalue weighted by molar-refractivity contribution is 5.97. The molecule has 2 aromatic heterocycles. The molecule has 0 radical (unpaired) electrons. The summed E-state index contributed by atoms with van der Waals surface area (Å²) in [5.74, 6) is -0.0620. The van der Waals surface area contributed by atoms with Crippen LogP contribution in [0.5, 0.6) is 5.75 Å². The van der Waals surface area contributed by atoms with Crippen LogP contribution in [-0.4, -0.2) is 20.7 Å². The molecule has 0 atom stereocenters. The quantitative estimate of drug-likeness (QED) is 0.441. The van der Waals surface area contributed by atoms with Crippen molar-refractivity contribution in [2.24, 2.45) is 5.92 Å². The van der Waals surface area contributed by atoms with E-state index in [1.807, 2.05) is 45.4 Å². The predicted octanol–water partition coefficient (Wildman–Crippen LogP) is 6.24. The van der Waals surface area contributed by atoms with Crippen molar-refractivity contribution in [1.29, 1.82) is 0 Å². The van der Waals surface area contributed by atoms with Crippen molar-refractivity contribution >= 4 is 16.9 Å². The number of benzene rings is 1. The Kier molecular flexibility index (Phi) is 6.06. The van der Waals surface area contributed by atoms with Gasteiger partial charge in [-0.1, -0.05) is 34.6 Å². The molecule has 0 unspecified atom stereocenters. The van der Waals surface area contributed by atoms with Gasteiger partial charge in [0.25, 0.3) is 0 Å². The zero-order chi connectivity index (χ0) is 24.1. The molecule has 4 rings (SSSR count). The summed E-state index contributed by atoms with van der Waals surface area (Å²) in [6, 6.07) is 3.44. The highest BCUT2D eigenvalue weighted by Gasteiger charge is 2.29. The number of esters is 1. The van der Waals surface area contributed by atoms with Crippen LogP contribution in [0.15, 0.2) is 12.1 Å². The smallest absolute Gasteiger partial charge is 0.347 e. The van der Waals surface area contributed by atoms with Crippen LogP contribution in [0.3, 0.4) is 0 Å². The number of aryl methyl sites for hydroxylation is 2. The van der Waals surface area contributed by atoms with Gasteiger partial charge in [0.15, 0.2) is 0 Å². The summed E-state index contributed by atoms with van der Waals surface area (Å²) in [4.78, 5) is 18.1. The first-order chi connectivity index (χ1) is 15.5. The zero-order valence-electron chi connectivity index (χ0n) is 20.8. The van der Waals surface area contributed by atoms with Crippen LogP contribution in [0.25, 0.3) is 10.9 Å². The fraction of sp³-hybridized carbons (Fsp3) is 0.519. The molecule has 5 nitrogen and oxygen atoms in total. The minimum absolute atomic E-state index is 0.230. The van der Waals surface area contributed by atoms with Gasteiger partial charge < -0.3 is 4.74 Å². The molecule has 0 saturated heterocycles. The Labute approximate surface area is 195 Å². The third-order valence-corrected chi connectivity index (χ3v) is 6.50. The van der Waals surface area contributed by atoms with Crippen LogP contribution in [0.2, 0.25) is 0 Å². The predicted molar refractivity (Wildman–Crippen MR) is 129 cm³/mol. The molecule has 33 heavy (non-hydrogen) atoms. The van der Waals surface area contributed by atoms with Gasteiger partial charge in [-0.2, -0.15) is 5.10 Å². The Hall–Kier alpha value is -2.76. The van der Waals surface area contributed by atoms with Gasteiger partial charge in [0.05, 0.1) is 11.4 Å². The zero-order valence-corrected chi connectivity index (χ0v) is 20.8. The second-order valence-electron chi connectivity index (χ2n) is 10.7. The van der Waals surface area contributed by atoms with Crippen molar-refractivity contribution in [3.05, 3.63) is 51.7 Å². The molecule has 176 valence electrons. The summed E-state index contributed by atoms with van der Waals surface area (Å²) >= 11 is 0. The SMILES string of the molecule is Cc1nc2c(F)cc(C(C)(C)C)cc2c(OC(=O)c2c(CC(C)C)nn3c2CCCC3)c1C. The molecule has 0 amide bonds. The number of halogens is 1. The van der Waals surface area contributed by atoms with Gasteiger partial charge in [-0.3, -0.25) is 4.68 Å². The molecular weight excluding hydrogens is 417 g/mol. The molecule has 0 saturated carbocycles. The third-order valence-electron chi connectivity index (χ3n) is 6.50. The van der Waals surface area contributed by atoms with E-state index in [0.717, 1.165) is 48.3 Å². The number of rotatable bonds is 4. The first kappa shape index (κ1) is 23.4. The molecule has 0 aliphatic carbocycles. The van der Waals surface area contributed by atoms with Gasteiger partial charge in [0.1, 0.15) is 22.6 Å². The van der Waals surface area contributed by atoms with E-state index < -0.39 is 11.8 Å². The van der Waals surface area contributed by atoms with E-state index in [9.17, 15) is 4.79 Å². The first-order valence-corrected chi connectivity index (χ1v) is 11.9. The van der Waals surface area contributed by atoms with Gasteiger partial charge in [-0.15, -0.1) is 0 Å². The lowest BCUT2D eigenvalue weighted by atomic mass is 9.86. The minimum Gasteiger partial charge on any atom is -0.422 e. The van der Waals surface area contributed by atoms with Crippen molar-refractivity contribution in [2.75, 3.05) is 0 Å². The van der Waals surface area contributed by atoms with E-state index in [1.165, 1.54) is 6.07 Å². The average Bonchev–Trinajstić information content (AvgIpc) is 3.08. The second kappa shape index (κ2) is 8.54. The van der Waals surface area contributed by atoms with Crippen LogP contribution in [0, 0.1) is 25.6 Å². The number of aromatic nitrogens is 3. The highest BCUT2D eigenvalue weighted by atomic mass is 19.1. The molecule has 0 N–H and O–H groups in total. The van der Waals surface area contributed by atoms with E-state index in [-0.39, 0.29) is 10.9 Å². The molecule has 3 heterocycles. The Balaban J connectivity index is 1.86. The fourth-order valence-corrected chi connectivity index (χ4v) is 4.52. The average molecular weight is 452 g/mol. The number of pyridine rings is 1. The van der Waals surface area contributed by atoms with Crippen LogP contribution >= 0.6 is 0 Å². The Bertz CT molecular complexity index is 1230. The van der Waals surface area contributed by atoms with Crippen LogP contribution in [-0.2, 0) is 24.8 Å². The lowest BCUT2D eigenvalue weighted by Crippen LogP contribution is -2.18. The monoisotopic (exact) mass is 451 g/mol. The number of carbonyl (C=O) groups is 1. The lowest BCUT2D eigenvalue weighted by molar-refractivity contribution is 0.0733. The summed E-state index contributed by atoms with van der Waals surface area (Å²) in [6.07, 6.45) is 3.62. The number of fused-ring (bicyclic) bond motifs is 2. The lowest BCUT2D eigenvalue weighted by Gasteiger charge is -2.21. The fourth-order valence-electron chi connectivity index (χ4n) is 4.52. The Morgan fingerprint density at radius 3 is 2.61 bits per heavy atom. The molecule has 3 aromatic rings. The van der Waals surface area contributed by atoms with Crippen LogP contribution < -0.4 is 4.74 Å². The number of hydrogen-bond donors (Lipinski definition) is 0.